The minimum atomic E-state index is -0.131. The lowest BCUT2D eigenvalue weighted by atomic mass is 10.0. The fourth-order valence-electron chi connectivity index (χ4n) is 3.12. The fourth-order valence-corrected chi connectivity index (χ4v) is 3.12. The van der Waals surface area contributed by atoms with Gasteiger partial charge in [0.2, 0.25) is 11.8 Å². The highest BCUT2D eigenvalue weighted by atomic mass is 16.5. The molecule has 1 saturated heterocycles. The maximum Gasteiger partial charge on any atom is 0.240 e. The number of amides is 2. The third-order valence-corrected chi connectivity index (χ3v) is 4.51. The molecule has 1 aliphatic heterocycles. The average molecular weight is 347 g/mol. The van der Waals surface area contributed by atoms with Crippen LogP contribution in [0.3, 0.4) is 0 Å². The second kappa shape index (κ2) is 9.53. The molecule has 2 rings (SSSR count). The highest BCUT2D eigenvalue weighted by molar-refractivity contribution is 5.98. The topological polar surface area (TPSA) is 61.9 Å². The first-order chi connectivity index (χ1) is 12.0. The van der Waals surface area contributed by atoms with E-state index in [0.717, 1.165) is 56.1 Å². The molecular weight excluding hydrogens is 318 g/mol. The molecule has 0 aliphatic carbocycles. The van der Waals surface area contributed by atoms with Crippen LogP contribution in [0.4, 0.5) is 5.69 Å². The number of morpholine rings is 1. The summed E-state index contributed by atoms with van der Waals surface area (Å²) in [5, 5.41) is 2.93. The van der Waals surface area contributed by atoms with E-state index in [0.29, 0.717) is 6.54 Å². The van der Waals surface area contributed by atoms with E-state index in [1.807, 2.05) is 25.1 Å². The second-order valence-electron chi connectivity index (χ2n) is 6.35. The summed E-state index contributed by atoms with van der Waals surface area (Å²) >= 11 is 0. The second-order valence-corrected chi connectivity index (χ2v) is 6.35. The van der Waals surface area contributed by atoms with E-state index in [2.05, 4.69) is 17.1 Å². The Labute approximate surface area is 150 Å². The molecule has 1 aromatic rings. The smallest absolute Gasteiger partial charge is 0.240 e. The lowest BCUT2D eigenvalue weighted by molar-refractivity contribution is -0.123. The van der Waals surface area contributed by atoms with Crippen LogP contribution in [0.2, 0.25) is 0 Å². The van der Waals surface area contributed by atoms with Crippen LogP contribution in [0.15, 0.2) is 18.2 Å². The third-order valence-electron chi connectivity index (χ3n) is 4.51. The zero-order valence-electron chi connectivity index (χ0n) is 15.5. The molecule has 6 nitrogen and oxygen atoms in total. The van der Waals surface area contributed by atoms with Crippen molar-refractivity contribution < 1.29 is 14.3 Å². The van der Waals surface area contributed by atoms with Crippen LogP contribution >= 0.6 is 0 Å². The van der Waals surface area contributed by atoms with Gasteiger partial charge in [-0.3, -0.25) is 14.5 Å². The summed E-state index contributed by atoms with van der Waals surface area (Å²) in [6, 6.07) is 5.97. The Bertz CT molecular complexity index is 598. The number of carbonyl (C=O) groups excluding carboxylic acids is 2. The fraction of sp³-hybridized carbons (Fsp3) is 0.579. The predicted octanol–water partition coefficient (Wildman–Crippen LogP) is 1.36. The maximum atomic E-state index is 12.3. The van der Waals surface area contributed by atoms with Crippen molar-refractivity contribution in [3.63, 3.8) is 0 Å². The molecule has 0 saturated carbocycles. The van der Waals surface area contributed by atoms with E-state index in [-0.39, 0.29) is 18.4 Å². The minimum absolute atomic E-state index is 0.0519. The van der Waals surface area contributed by atoms with Gasteiger partial charge in [0.05, 0.1) is 18.9 Å². The van der Waals surface area contributed by atoms with Gasteiger partial charge in [0.1, 0.15) is 6.54 Å². The lowest BCUT2D eigenvalue weighted by Gasteiger charge is -2.27. The van der Waals surface area contributed by atoms with Gasteiger partial charge in [0.15, 0.2) is 0 Å². The SMILES string of the molecule is CCc1cccc(C)c1N(CC(=O)NCCN1CCOCC1)C(C)=O. The Kier molecular flexibility index (Phi) is 7.40. The molecule has 0 unspecified atom stereocenters. The number of hydrogen-bond acceptors (Lipinski definition) is 4. The molecule has 1 aromatic carbocycles. The monoisotopic (exact) mass is 347 g/mol. The first-order valence-electron chi connectivity index (χ1n) is 8.96. The number of ether oxygens (including phenoxy) is 1. The van der Waals surface area contributed by atoms with Gasteiger partial charge in [-0.1, -0.05) is 25.1 Å². The predicted molar refractivity (Wildman–Crippen MR) is 98.9 cm³/mol. The van der Waals surface area contributed by atoms with E-state index in [1.54, 1.807) is 4.90 Å². The molecule has 2 amide bonds. The van der Waals surface area contributed by atoms with Crippen molar-refractivity contribution in [1.82, 2.24) is 10.2 Å². The van der Waals surface area contributed by atoms with E-state index < -0.39 is 0 Å². The summed E-state index contributed by atoms with van der Waals surface area (Å²) in [7, 11) is 0. The summed E-state index contributed by atoms with van der Waals surface area (Å²) in [5.41, 5.74) is 2.95. The Morgan fingerprint density at radius 1 is 1.28 bits per heavy atom. The van der Waals surface area contributed by atoms with Gasteiger partial charge in [-0.25, -0.2) is 0 Å². The van der Waals surface area contributed by atoms with Crippen LogP contribution in [0, 0.1) is 6.92 Å². The first kappa shape index (κ1) is 19.4. The van der Waals surface area contributed by atoms with Crippen LogP contribution < -0.4 is 10.2 Å². The third kappa shape index (κ3) is 5.54. The molecular formula is C19H29N3O3. The Balaban J connectivity index is 1.95. The summed E-state index contributed by atoms with van der Waals surface area (Å²) in [5.74, 6) is -0.249. The van der Waals surface area contributed by atoms with Crippen LogP contribution in [0.1, 0.15) is 25.0 Å². The number of anilines is 1. The van der Waals surface area contributed by atoms with Crippen molar-refractivity contribution >= 4 is 17.5 Å². The number of carbonyl (C=O) groups is 2. The minimum Gasteiger partial charge on any atom is -0.379 e. The van der Waals surface area contributed by atoms with Gasteiger partial charge in [0, 0.05) is 33.1 Å². The van der Waals surface area contributed by atoms with Crippen molar-refractivity contribution in [2.45, 2.75) is 27.2 Å². The Morgan fingerprint density at radius 3 is 2.64 bits per heavy atom. The van der Waals surface area contributed by atoms with Gasteiger partial charge in [-0.2, -0.15) is 0 Å². The number of aryl methyl sites for hydroxylation is 2. The average Bonchev–Trinajstić information content (AvgIpc) is 2.60. The molecule has 1 aliphatic rings. The normalized spacial score (nSPS) is 15.0. The molecule has 6 heteroatoms. The van der Waals surface area contributed by atoms with E-state index in [4.69, 9.17) is 4.74 Å². The molecule has 0 spiro atoms. The van der Waals surface area contributed by atoms with E-state index >= 15 is 0 Å². The summed E-state index contributed by atoms with van der Waals surface area (Å²) < 4.78 is 5.31. The van der Waals surface area contributed by atoms with Crippen LogP contribution in [-0.4, -0.2) is 62.7 Å². The van der Waals surface area contributed by atoms with Crippen molar-refractivity contribution in [3.8, 4) is 0 Å². The van der Waals surface area contributed by atoms with E-state index in [9.17, 15) is 9.59 Å². The molecule has 1 heterocycles. The van der Waals surface area contributed by atoms with Gasteiger partial charge < -0.3 is 15.0 Å². The molecule has 25 heavy (non-hydrogen) atoms. The number of para-hydroxylation sites is 1. The number of nitrogens with one attached hydrogen (secondary N) is 1. The van der Waals surface area contributed by atoms with Crippen LogP contribution in [-0.2, 0) is 20.7 Å². The zero-order chi connectivity index (χ0) is 18.2. The highest BCUT2D eigenvalue weighted by Gasteiger charge is 2.20. The Morgan fingerprint density at radius 2 is 2.00 bits per heavy atom. The van der Waals surface area contributed by atoms with Crippen LogP contribution in [0.25, 0.3) is 0 Å². The molecule has 0 aromatic heterocycles. The quantitative estimate of drug-likeness (QED) is 0.809. The number of nitrogens with zero attached hydrogens (tertiary/aromatic N) is 2. The molecule has 0 bridgehead atoms. The molecule has 138 valence electrons. The molecule has 0 radical (unpaired) electrons. The van der Waals surface area contributed by atoms with Crippen LogP contribution in [0.5, 0.6) is 0 Å². The molecule has 0 atom stereocenters. The van der Waals surface area contributed by atoms with Crippen molar-refractivity contribution in [2.24, 2.45) is 0 Å². The van der Waals surface area contributed by atoms with Gasteiger partial charge in [-0.05, 0) is 24.5 Å². The van der Waals surface area contributed by atoms with Gasteiger partial charge >= 0.3 is 0 Å². The first-order valence-corrected chi connectivity index (χ1v) is 8.96. The molecule has 1 N–H and O–H groups in total. The Hall–Kier alpha value is -1.92. The number of rotatable bonds is 7. The number of hydrogen-bond donors (Lipinski definition) is 1. The summed E-state index contributed by atoms with van der Waals surface area (Å²) in [4.78, 5) is 28.3. The maximum absolute atomic E-state index is 12.3. The summed E-state index contributed by atoms with van der Waals surface area (Å²) in [6.07, 6.45) is 0.819. The standard InChI is InChI=1S/C19H29N3O3/c1-4-17-7-5-6-15(2)19(17)22(16(3)23)14-18(24)20-8-9-21-10-12-25-13-11-21/h5-7H,4,8-14H2,1-3H3,(H,20,24). The van der Waals surface area contributed by atoms with Gasteiger partial charge in [0.25, 0.3) is 0 Å². The molecule has 1 fully saturated rings. The zero-order valence-corrected chi connectivity index (χ0v) is 15.5. The van der Waals surface area contributed by atoms with Crippen molar-refractivity contribution in [3.05, 3.63) is 29.3 Å². The van der Waals surface area contributed by atoms with E-state index in [1.165, 1.54) is 6.92 Å². The summed E-state index contributed by atoms with van der Waals surface area (Å²) in [6.45, 7) is 10.3. The largest absolute Gasteiger partial charge is 0.379 e. The van der Waals surface area contributed by atoms with Crippen molar-refractivity contribution in [1.29, 1.82) is 0 Å². The van der Waals surface area contributed by atoms with Crippen molar-refractivity contribution in [2.75, 3.05) is 50.8 Å². The lowest BCUT2D eigenvalue weighted by Crippen LogP contribution is -2.44. The highest BCUT2D eigenvalue weighted by Crippen LogP contribution is 2.25. The number of benzene rings is 1. The van der Waals surface area contributed by atoms with Gasteiger partial charge in [-0.15, -0.1) is 0 Å².